The minimum atomic E-state index is -1.15. The summed E-state index contributed by atoms with van der Waals surface area (Å²) in [5.41, 5.74) is 7.58. The van der Waals surface area contributed by atoms with Crippen LogP contribution in [0.2, 0.25) is 20.1 Å². The van der Waals surface area contributed by atoms with E-state index in [-0.39, 0.29) is 151 Å². The van der Waals surface area contributed by atoms with E-state index >= 15 is 0 Å². The number of nitrogens with two attached hydrogens (primary N) is 1. The third kappa shape index (κ3) is 24.5. The van der Waals surface area contributed by atoms with Crippen LogP contribution in [-0.2, 0) is 42.0 Å². The fourth-order valence-corrected chi connectivity index (χ4v) is 5.69. The average Bonchev–Trinajstić information content (AvgIpc) is 3.38. The third-order valence-corrected chi connectivity index (χ3v) is 9.69. The van der Waals surface area contributed by atoms with Crippen molar-refractivity contribution >= 4 is 98.9 Å². The molecular weight excluding hydrogens is 1100 g/mol. The molecule has 72 heavy (non-hydrogen) atoms. The van der Waals surface area contributed by atoms with E-state index in [0.717, 1.165) is 11.1 Å². The molecule has 0 fully saturated rings. The van der Waals surface area contributed by atoms with Crippen molar-refractivity contribution in [3.8, 4) is 17.8 Å². The maximum Gasteiger partial charge on any atom is 1.00 e. The Hall–Kier alpha value is -3.84. The van der Waals surface area contributed by atoms with Gasteiger partial charge in [0.25, 0.3) is 17.6 Å². The van der Waals surface area contributed by atoms with E-state index in [0.29, 0.717) is 11.1 Å². The molecule has 25 heteroatoms. The van der Waals surface area contributed by atoms with E-state index in [9.17, 15) is 28.0 Å². The fourth-order valence-electron chi connectivity index (χ4n) is 4.74. The van der Waals surface area contributed by atoms with Gasteiger partial charge in [0.1, 0.15) is 33.3 Å². The number of amides is 1. The molecule has 0 aliphatic rings. The van der Waals surface area contributed by atoms with Crippen LogP contribution in [0.3, 0.4) is 0 Å². The molecule has 2 atom stereocenters. The Morgan fingerprint density at radius 1 is 0.694 bits per heavy atom. The van der Waals surface area contributed by atoms with E-state index in [1.165, 1.54) is 20.8 Å². The minimum absolute atomic E-state index is 0. The first-order valence-corrected chi connectivity index (χ1v) is 21.5. The largest absolute Gasteiger partial charge is 1.00 e. The van der Waals surface area contributed by atoms with Crippen LogP contribution < -0.4 is 129 Å². The number of hydrogen-bond acceptors (Lipinski definition) is 15. The van der Waals surface area contributed by atoms with Gasteiger partial charge in [-0.15, -0.1) is 0 Å². The smallest absolute Gasteiger partial charge is 1.00 e. The Bertz CT molecular complexity index is 2700. The van der Waals surface area contributed by atoms with Gasteiger partial charge in [0.05, 0.1) is 17.4 Å². The molecule has 16 nitrogen and oxygen atoms in total. The van der Waals surface area contributed by atoms with Gasteiger partial charge >= 0.3 is 115 Å². The van der Waals surface area contributed by atoms with Crippen LogP contribution in [0.15, 0.2) is 121 Å². The molecule has 0 bridgehead atoms. The van der Waals surface area contributed by atoms with Crippen LogP contribution in [-0.4, -0.2) is 51.7 Å². The molecule has 0 spiro atoms. The molecule has 370 valence electrons. The Morgan fingerprint density at radius 2 is 1.04 bits per heavy atom. The molecule has 0 radical (unpaired) electrons. The van der Waals surface area contributed by atoms with Gasteiger partial charge in [0.15, 0.2) is 12.2 Å². The van der Waals surface area contributed by atoms with E-state index < -0.39 is 63.1 Å². The van der Waals surface area contributed by atoms with Crippen molar-refractivity contribution in [3.63, 3.8) is 0 Å². The zero-order valence-corrected chi connectivity index (χ0v) is 48.8. The van der Waals surface area contributed by atoms with Crippen molar-refractivity contribution in [1.82, 2.24) is 9.97 Å². The maximum atomic E-state index is 14.2. The number of hydrogen-bond donors (Lipinski definition) is 2. The van der Waals surface area contributed by atoms with Crippen LogP contribution in [0.25, 0.3) is 0 Å². The van der Waals surface area contributed by atoms with Crippen LogP contribution in [0.4, 0.5) is 20.2 Å². The molecular formula is C47H40Cl5F2K2N5O11. The Morgan fingerprint density at radius 3 is 1.40 bits per heavy atom. The number of anilines is 2. The first-order valence-electron chi connectivity index (χ1n) is 19.6. The maximum absolute atomic E-state index is 14.2. The summed E-state index contributed by atoms with van der Waals surface area (Å²) in [6.45, 7) is 4.21. The van der Waals surface area contributed by atoms with Gasteiger partial charge in [-0.3, -0.25) is 14.4 Å². The van der Waals surface area contributed by atoms with Crippen molar-refractivity contribution in [1.29, 1.82) is 5.26 Å². The van der Waals surface area contributed by atoms with Crippen LogP contribution in [0.5, 0.6) is 11.8 Å². The minimum Gasteiger partial charge on any atom is -1.00 e. The monoisotopic (exact) mass is 1140 g/mol. The van der Waals surface area contributed by atoms with Crippen molar-refractivity contribution in [2.24, 2.45) is 0 Å². The Labute approximate surface area is 523 Å². The summed E-state index contributed by atoms with van der Waals surface area (Å²) >= 11 is 28.8. The second-order valence-electron chi connectivity index (χ2n) is 13.0. The summed E-state index contributed by atoms with van der Waals surface area (Å²) < 4.78 is 48.6. The van der Waals surface area contributed by atoms with Crippen molar-refractivity contribution in [2.75, 3.05) is 11.1 Å². The van der Waals surface area contributed by atoms with Crippen LogP contribution in [0, 0.1) is 23.2 Å². The molecule has 0 saturated carbocycles. The first kappa shape index (κ1) is 68.2. The molecule has 6 aromatic rings. The number of nitrogen functional groups attached to an aromatic ring is 1. The van der Waals surface area contributed by atoms with E-state index in [4.69, 9.17) is 98.0 Å². The molecule has 2 aromatic heterocycles. The summed E-state index contributed by atoms with van der Waals surface area (Å²) in [5.74, 6) is -4.79. The number of halogens is 7. The molecule has 3 N–H and O–H groups in total. The SMILES string of the molecule is CC#N.CC(Oc1nc(F)c(Cl)c(N)c1Cl)C(=O)OCc1ccccc1.CC(Oc1nc(F)c(Cl)c(NC(=O)c2ccccc2)c1Cl)C(=O)OCc1ccccc1.O=C(Cl)c1ccccc1.O=CO[O-].[H-].[K+].[K+]. The summed E-state index contributed by atoms with van der Waals surface area (Å²) in [6.07, 6.45) is -2.20. The molecule has 0 aliphatic carbocycles. The van der Waals surface area contributed by atoms with E-state index in [1.807, 2.05) is 54.6 Å². The Balaban J connectivity index is 0. The van der Waals surface area contributed by atoms with Crippen molar-refractivity contribution in [3.05, 3.63) is 176 Å². The van der Waals surface area contributed by atoms with E-state index in [2.05, 4.69) is 20.2 Å². The van der Waals surface area contributed by atoms with Crippen molar-refractivity contribution < 1.29 is 166 Å². The van der Waals surface area contributed by atoms with Crippen LogP contribution >= 0.6 is 58.0 Å². The number of nitrogens with zero attached hydrogens (tertiary/aromatic N) is 3. The number of carbonyl (C=O) groups excluding carboxylic acids is 5. The molecule has 0 saturated heterocycles. The summed E-state index contributed by atoms with van der Waals surface area (Å²) in [5, 5.41) is 16.5. The van der Waals surface area contributed by atoms with Gasteiger partial charge < -0.3 is 41.6 Å². The number of rotatable bonds is 14. The molecule has 2 unspecified atom stereocenters. The predicted octanol–water partition coefficient (Wildman–Crippen LogP) is 4.06. The number of nitriles is 1. The number of pyridine rings is 2. The molecule has 6 rings (SSSR count). The van der Waals surface area contributed by atoms with Gasteiger partial charge in [0, 0.05) is 18.1 Å². The number of nitrogens with one attached hydrogen (secondary N) is 1. The van der Waals surface area contributed by atoms with Gasteiger partial charge in [-0.1, -0.05) is 156 Å². The quantitative estimate of drug-likeness (QED) is 0.0297. The standard InChI is InChI=1S/C22H17Cl2FN2O4.C15H13Cl2FN2O3.C7H5ClO.C2H3N.CH2O3.2K.H/c1-13(22(29)30-12-14-8-4-2-5-9-14)31-21-17(24)18(16(23)19(25)27-21)26-20(28)15-10-6-3-7-11-15;1-8(15(21)22-7-9-5-3-2-4-6-9)23-14-11(17)12(19)10(16)13(18)20-14;8-7(9)6-4-2-1-3-5-6;1-2-3;2-1-4-3;;;/h2-11,13H,12H2,1H3,(H,26,27,28);2-6,8H,7H2,1H3,(H2,19,20);1-5H;1H3;1,3H;;;/q;;;;;2*+1;-1/p-1. The van der Waals surface area contributed by atoms with E-state index in [1.54, 1.807) is 72.8 Å². The summed E-state index contributed by atoms with van der Waals surface area (Å²) in [4.78, 5) is 65.2. The number of benzene rings is 4. The van der Waals surface area contributed by atoms with Gasteiger partial charge in [-0.2, -0.15) is 24.0 Å². The zero-order valence-electron chi connectivity index (χ0n) is 39.7. The zero-order chi connectivity index (χ0) is 52.2. The fraction of sp³-hybridized carbons (Fsp3) is 0.149. The summed E-state index contributed by atoms with van der Waals surface area (Å²) in [6, 6.07) is 36.9. The normalized spacial score (nSPS) is 10.2. The summed E-state index contributed by atoms with van der Waals surface area (Å²) in [7, 11) is 0. The number of aromatic nitrogens is 2. The predicted molar refractivity (Wildman–Crippen MR) is 256 cm³/mol. The first-order chi connectivity index (χ1) is 33.4. The van der Waals surface area contributed by atoms with Crippen molar-refractivity contribution in [2.45, 2.75) is 46.2 Å². The number of esters is 2. The third-order valence-electron chi connectivity index (χ3n) is 8.05. The average molecular weight is 1140 g/mol. The topological polar surface area (TPSA) is 242 Å². The number of ether oxygens (including phenoxy) is 4. The number of carbonyl (C=O) groups is 5. The molecule has 1 amide bonds. The second kappa shape index (κ2) is 37.8. The molecule has 2 heterocycles. The molecule has 0 aliphatic heterocycles. The van der Waals surface area contributed by atoms with Gasteiger partial charge in [-0.25, -0.2) is 9.59 Å². The molecule has 4 aromatic carbocycles. The van der Waals surface area contributed by atoms with Crippen LogP contribution in [0.1, 0.15) is 54.0 Å². The Kier molecular flexibility index (Phi) is 35.8. The van der Waals surface area contributed by atoms with Gasteiger partial charge in [-0.05, 0) is 48.7 Å². The second-order valence-corrected chi connectivity index (χ2v) is 14.9. The van der Waals surface area contributed by atoms with Gasteiger partial charge in [0.2, 0.25) is 23.7 Å².